The van der Waals surface area contributed by atoms with Gasteiger partial charge in [0, 0.05) is 24.4 Å². The highest BCUT2D eigenvalue weighted by Crippen LogP contribution is 2.42. The number of hydrogen-bond donors (Lipinski definition) is 2. The Kier molecular flexibility index (Phi) is 4.78. The van der Waals surface area contributed by atoms with E-state index >= 15 is 0 Å². The number of hydrogen-bond acceptors (Lipinski definition) is 8. The first-order chi connectivity index (χ1) is 15.3. The lowest BCUT2D eigenvalue weighted by Crippen LogP contribution is -2.39. The summed E-state index contributed by atoms with van der Waals surface area (Å²) in [5, 5.41) is 5.07. The number of methoxy groups -OCH3 is 1. The highest BCUT2D eigenvalue weighted by Gasteiger charge is 2.40. The molecule has 0 spiro atoms. The Morgan fingerprint density at radius 2 is 1.97 bits per heavy atom. The molecule has 0 saturated heterocycles. The van der Waals surface area contributed by atoms with Crippen LogP contribution < -0.4 is 15.8 Å². The molecule has 1 aliphatic carbocycles. The van der Waals surface area contributed by atoms with Crippen LogP contribution in [0.5, 0.6) is 5.88 Å². The first-order valence-electron chi connectivity index (χ1n) is 10.9. The topological polar surface area (TPSA) is 112 Å². The van der Waals surface area contributed by atoms with Crippen LogP contribution in [0.3, 0.4) is 0 Å². The molecule has 1 aliphatic heterocycles. The van der Waals surface area contributed by atoms with Gasteiger partial charge in [-0.05, 0) is 61.8 Å². The van der Waals surface area contributed by atoms with Gasteiger partial charge in [0.15, 0.2) is 0 Å². The van der Waals surface area contributed by atoms with E-state index in [-0.39, 0.29) is 17.9 Å². The highest BCUT2D eigenvalue weighted by molar-refractivity contribution is 5.93. The summed E-state index contributed by atoms with van der Waals surface area (Å²) in [4.78, 5) is 26.1. The van der Waals surface area contributed by atoms with Crippen LogP contribution >= 0.6 is 0 Å². The fourth-order valence-corrected chi connectivity index (χ4v) is 4.23. The number of nitrogens with one attached hydrogen (secondary N) is 1. The summed E-state index contributed by atoms with van der Waals surface area (Å²) in [5.41, 5.74) is 8.11. The fraction of sp³-hybridized carbons (Fsp3) is 0.417. The Bertz CT molecular complexity index is 1220. The van der Waals surface area contributed by atoms with E-state index in [1.807, 2.05) is 26.8 Å². The van der Waals surface area contributed by atoms with Gasteiger partial charge in [-0.2, -0.15) is 0 Å². The molecule has 2 atom stereocenters. The first kappa shape index (κ1) is 20.6. The third-order valence-electron chi connectivity index (χ3n) is 6.66. The molecule has 0 amide bonds. The predicted molar refractivity (Wildman–Crippen MR) is 121 cm³/mol. The van der Waals surface area contributed by atoms with Crippen molar-refractivity contribution >= 4 is 28.4 Å². The molecular formula is C24H27N5O3. The number of carbonyl (C=O) groups excluding carboxylic acids is 1. The number of esters is 1. The molecule has 3 aromatic rings. The van der Waals surface area contributed by atoms with Crippen LogP contribution in [0.1, 0.15) is 67.2 Å². The van der Waals surface area contributed by atoms with Crippen LogP contribution in [0, 0.1) is 5.92 Å². The van der Waals surface area contributed by atoms with Gasteiger partial charge in [-0.25, -0.2) is 19.7 Å². The van der Waals surface area contributed by atoms with Gasteiger partial charge < -0.3 is 20.5 Å². The largest absolute Gasteiger partial charge is 0.481 e. The second-order valence-corrected chi connectivity index (χ2v) is 9.17. The van der Waals surface area contributed by atoms with E-state index in [0.717, 1.165) is 34.9 Å². The molecule has 8 nitrogen and oxygen atoms in total. The normalized spacial score (nSPS) is 20.4. The summed E-state index contributed by atoms with van der Waals surface area (Å²) >= 11 is 0. The average molecular weight is 434 g/mol. The number of cyclic esters (lactones) is 1. The molecule has 0 radical (unpaired) electrons. The van der Waals surface area contributed by atoms with Crippen molar-refractivity contribution in [1.29, 1.82) is 0 Å². The maximum atomic E-state index is 12.4. The summed E-state index contributed by atoms with van der Waals surface area (Å²) in [6, 6.07) is 5.41. The van der Waals surface area contributed by atoms with Crippen molar-refractivity contribution in [2.45, 2.75) is 51.2 Å². The van der Waals surface area contributed by atoms with Crippen molar-refractivity contribution in [1.82, 2.24) is 15.0 Å². The zero-order chi connectivity index (χ0) is 22.6. The Balaban J connectivity index is 1.53. The second-order valence-electron chi connectivity index (χ2n) is 9.17. The number of nitrogens with zero attached hydrogens (tertiary/aromatic N) is 3. The lowest BCUT2D eigenvalue weighted by Gasteiger charge is -2.36. The van der Waals surface area contributed by atoms with Gasteiger partial charge in [0.1, 0.15) is 17.2 Å². The molecule has 4 heterocycles. The number of fused-ring (bicyclic) bond motifs is 2. The summed E-state index contributed by atoms with van der Waals surface area (Å²) in [6.07, 6.45) is 5.83. The van der Waals surface area contributed by atoms with Crippen molar-refractivity contribution in [3.05, 3.63) is 47.4 Å². The zero-order valence-electron chi connectivity index (χ0n) is 18.7. The zero-order valence-corrected chi connectivity index (χ0v) is 18.7. The molecule has 3 N–H and O–H groups in total. The number of anilines is 2. The summed E-state index contributed by atoms with van der Waals surface area (Å²) < 4.78 is 11.0. The SMILES string of the molecule is COc1ncc([C@H](N)C2CC2)c2cc(Nc3ccc4c(n3)[C@@H](C)C(C)(C)OC4=O)ncc12. The maximum Gasteiger partial charge on any atom is 0.340 e. The Morgan fingerprint density at radius 3 is 2.69 bits per heavy atom. The van der Waals surface area contributed by atoms with Crippen LogP contribution in [0.2, 0.25) is 0 Å². The third-order valence-corrected chi connectivity index (χ3v) is 6.66. The van der Waals surface area contributed by atoms with Gasteiger partial charge in [-0.15, -0.1) is 0 Å². The van der Waals surface area contributed by atoms with Crippen molar-refractivity contribution in [3.63, 3.8) is 0 Å². The summed E-state index contributed by atoms with van der Waals surface area (Å²) in [7, 11) is 1.60. The van der Waals surface area contributed by atoms with E-state index in [9.17, 15) is 4.79 Å². The monoisotopic (exact) mass is 433 g/mol. The summed E-state index contributed by atoms with van der Waals surface area (Å²) in [5.74, 6) is 1.87. The van der Waals surface area contributed by atoms with E-state index < -0.39 is 5.60 Å². The van der Waals surface area contributed by atoms with E-state index in [1.54, 1.807) is 31.6 Å². The van der Waals surface area contributed by atoms with E-state index in [2.05, 4.69) is 15.3 Å². The molecule has 3 aromatic heterocycles. The van der Waals surface area contributed by atoms with Crippen LogP contribution in [0.15, 0.2) is 30.6 Å². The third kappa shape index (κ3) is 3.44. The fourth-order valence-electron chi connectivity index (χ4n) is 4.23. The predicted octanol–water partition coefficient (Wildman–Crippen LogP) is 4.24. The molecule has 0 aromatic carbocycles. The molecule has 8 heteroatoms. The Hall–Kier alpha value is -3.26. The van der Waals surface area contributed by atoms with Crippen molar-refractivity contribution in [2.24, 2.45) is 11.7 Å². The number of carbonyl (C=O) groups is 1. The van der Waals surface area contributed by atoms with Gasteiger partial charge in [0.25, 0.3) is 0 Å². The maximum absolute atomic E-state index is 12.4. The van der Waals surface area contributed by atoms with Crippen molar-refractivity contribution in [3.8, 4) is 5.88 Å². The van der Waals surface area contributed by atoms with Gasteiger partial charge in [0.2, 0.25) is 5.88 Å². The second kappa shape index (κ2) is 7.41. The minimum Gasteiger partial charge on any atom is -0.481 e. The standard InChI is InChI=1S/C24H27N5O3/c1-12-21-14(23(30)32-24(12,2)3)7-8-18(29-21)28-19-9-15-16(20(25)13-5-6-13)10-27-22(31-4)17(15)11-26-19/h7-13,20H,5-6,25H2,1-4H3,(H,26,28,29)/t12-,20-/m1/s1. The lowest BCUT2D eigenvalue weighted by molar-refractivity contribution is -0.0189. The van der Waals surface area contributed by atoms with Crippen LogP contribution in [0.25, 0.3) is 10.8 Å². The molecule has 1 fully saturated rings. The van der Waals surface area contributed by atoms with Crippen LogP contribution in [-0.2, 0) is 4.74 Å². The smallest absolute Gasteiger partial charge is 0.340 e. The van der Waals surface area contributed by atoms with E-state index in [4.69, 9.17) is 20.2 Å². The molecule has 0 bridgehead atoms. The van der Waals surface area contributed by atoms with Crippen molar-refractivity contribution < 1.29 is 14.3 Å². The van der Waals surface area contributed by atoms with Gasteiger partial charge >= 0.3 is 5.97 Å². The van der Waals surface area contributed by atoms with Gasteiger partial charge in [0.05, 0.1) is 23.8 Å². The molecule has 5 rings (SSSR count). The average Bonchev–Trinajstić information content (AvgIpc) is 3.61. The number of aromatic nitrogens is 3. The molecule has 32 heavy (non-hydrogen) atoms. The molecule has 0 unspecified atom stereocenters. The number of rotatable bonds is 5. The number of pyridine rings is 3. The molecule has 166 valence electrons. The molecular weight excluding hydrogens is 406 g/mol. The van der Waals surface area contributed by atoms with E-state index in [1.165, 1.54) is 0 Å². The molecule has 2 aliphatic rings. The number of ether oxygens (including phenoxy) is 2. The van der Waals surface area contributed by atoms with Gasteiger partial charge in [-0.3, -0.25) is 0 Å². The van der Waals surface area contributed by atoms with E-state index in [0.29, 0.717) is 29.0 Å². The lowest BCUT2D eigenvalue weighted by atomic mass is 9.84. The molecule has 1 saturated carbocycles. The quantitative estimate of drug-likeness (QED) is 0.575. The number of nitrogens with two attached hydrogens (primary N) is 1. The Labute approximate surface area is 186 Å². The summed E-state index contributed by atoms with van der Waals surface area (Å²) in [6.45, 7) is 5.82. The highest BCUT2D eigenvalue weighted by atomic mass is 16.6. The van der Waals surface area contributed by atoms with Gasteiger partial charge in [-0.1, -0.05) is 6.92 Å². The Morgan fingerprint density at radius 1 is 1.19 bits per heavy atom. The van der Waals surface area contributed by atoms with Crippen LogP contribution in [0.4, 0.5) is 11.6 Å². The van der Waals surface area contributed by atoms with Crippen LogP contribution in [-0.4, -0.2) is 33.6 Å². The minimum atomic E-state index is -0.617. The van der Waals surface area contributed by atoms with Crippen molar-refractivity contribution in [2.75, 3.05) is 12.4 Å². The first-order valence-corrected chi connectivity index (χ1v) is 10.9. The minimum absolute atomic E-state index is 0.0417.